The first-order valence-corrected chi connectivity index (χ1v) is 11.2. The molecule has 5 heteroatoms. The number of aryl methyl sites for hydroxylation is 2. The van der Waals surface area contributed by atoms with Crippen molar-refractivity contribution in [1.82, 2.24) is 20.1 Å². The molecule has 0 bridgehead atoms. The third kappa shape index (κ3) is 3.72. The van der Waals surface area contributed by atoms with E-state index in [1.807, 2.05) is 23.7 Å². The highest BCUT2D eigenvalue weighted by Crippen LogP contribution is 2.38. The number of aromatic amines is 1. The predicted octanol–water partition coefficient (Wildman–Crippen LogP) is 5.61. The monoisotopic (exact) mass is 402 g/mol. The molecule has 4 aromatic rings. The number of para-hydroxylation sites is 1. The van der Waals surface area contributed by atoms with Crippen molar-refractivity contribution in [2.24, 2.45) is 0 Å². The summed E-state index contributed by atoms with van der Waals surface area (Å²) in [6.07, 6.45) is 6.32. The Balaban J connectivity index is 1.39. The van der Waals surface area contributed by atoms with Crippen molar-refractivity contribution in [1.29, 1.82) is 0 Å². The number of piperidine rings is 1. The fraction of sp³-hybridized carbons (Fsp3) is 0.333. The average molecular weight is 403 g/mol. The molecule has 1 unspecified atom stereocenters. The number of hydrogen-bond acceptors (Lipinski definition) is 4. The molecule has 1 aliphatic rings. The lowest BCUT2D eigenvalue weighted by atomic mass is 9.91. The van der Waals surface area contributed by atoms with E-state index in [9.17, 15) is 0 Å². The minimum absolute atomic E-state index is 0.253. The quantitative estimate of drug-likeness (QED) is 0.483. The molecule has 1 fully saturated rings. The number of aromatic nitrogens is 3. The molecule has 0 saturated carbocycles. The van der Waals surface area contributed by atoms with Crippen molar-refractivity contribution < 1.29 is 0 Å². The van der Waals surface area contributed by atoms with Gasteiger partial charge in [-0.25, -0.2) is 4.98 Å². The summed E-state index contributed by atoms with van der Waals surface area (Å²) in [6, 6.07) is 15.6. The fourth-order valence-electron chi connectivity index (χ4n) is 4.66. The summed E-state index contributed by atoms with van der Waals surface area (Å²) in [5.74, 6) is 0.563. The minimum Gasteiger partial charge on any atom is -0.292 e. The van der Waals surface area contributed by atoms with Crippen LogP contribution in [-0.4, -0.2) is 33.2 Å². The van der Waals surface area contributed by atoms with Crippen LogP contribution in [0.4, 0.5) is 0 Å². The first kappa shape index (κ1) is 18.5. The van der Waals surface area contributed by atoms with Gasteiger partial charge in [0, 0.05) is 17.7 Å². The van der Waals surface area contributed by atoms with Crippen LogP contribution in [0.2, 0.25) is 0 Å². The summed E-state index contributed by atoms with van der Waals surface area (Å²) in [6.45, 7) is 6.51. The Morgan fingerprint density at radius 1 is 1.03 bits per heavy atom. The number of fused-ring (bicyclic) bond motifs is 1. The second-order valence-corrected chi connectivity index (χ2v) is 9.25. The molecular weight excluding hydrogens is 376 g/mol. The first-order valence-electron chi connectivity index (χ1n) is 10.3. The molecule has 2 aromatic heterocycles. The highest BCUT2D eigenvalue weighted by molar-refractivity contribution is 7.18. The van der Waals surface area contributed by atoms with E-state index < -0.39 is 0 Å². The molecule has 2 aromatic carbocycles. The Labute approximate surface area is 175 Å². The van der Waals surface area contributed by atoms with Crippen molar-refractivity contribution >= 4 is 21.6 Å². The van der Waals surface area contributed by atoms with Crippen LogP contribution in [0.1, 0.15) is 52.1 Å². The molecule has 0 spiro atoms. The van der Waals surface area contributed by atoms with Crippen LogP contribution in [0.5, 0.6) is 0 Å². The van der Waals surface area contributed by atoms with E-state index in [4.69, 9.17) is 4.98 Å². The standard InChI is InChI=1S/C24H26N4S/c1-16-11-17(2)13-19(12-16)23(20-14-25-26-15-20)28-9-7-18(8-10-28)24-27-21-5-3-4-6-22(21)29-24/h3-6,11-15,18,23H,7-10H2,1-2H3,(H,25,26). The lowest BCUT2D eigenvalue weighted by Gasteiger charge is -2.37. The van der Waals surface area contributed by atoms with Gasteiger partial charge in [0.05, 0.1) is 27.5 Å². The second kappa shape index (κ2) is 7.73. The number of likely N-dealkylation sites (tertiary alicyclic amines) is 1. The molecule has 5 rings (SSSR count). The maximum atomic E-state index is 4.92. The SMILES string of the molecule is Cc1cc(C)cc(C(c2cn[nH]c2)N2CCC(c3nc4ccccc4s3)CC2)c1. The van der Waals surface area contributed by atoms with Crippen LogP contribution in [0.15, 0.2) is 54.9 Å². The van der Waals surface area contributed by atoms with Crippen molar-refractivity contribution in [3.05, 3.63) is 82.1 Å². The van der Waals surface area contributed by atoms with E-state index in [2.05, 4.69) is 71.4 Å². The van der Waals surface area contributed by atoms with Gasteiger partial charge in [-0.15, -0.1) is 11.3 Å². The molecule has 1 atom stereocenters. The smallest absolute Gasteiger partial charge is 0.0970 e. The summed E-state index contributed by atoms with van der Waals surface area (Å²) < 4.78 is 1.30. The Morgan fingerprint density at radius 3 is 2.48 bits per heavy atom. The first-order chi connectivity index (χ1) is 14.2. The third-order valence-electron chi connectivity index (χ3n) is 5.95. The van der Waals surface area contributed by atoms with Crippen molar-refractivity contribution in [2.75, 3.05) is 13.1 Å². The molecule has 3 heterocycles. The fourth-order valence-corrected chi connectivity index (χ4v) is 5.80. The normalized spacial score (nSPS) is 17.0. The average Bonchev–Trinajstić information content (AvgIpc) is 3.38. The maximum absolute atomic E-state index is 4.92. The van der Waals surface area contributed by atoms with Crippen molar-refractivity contribution in [3.63, 3.8) is 0 Å². The van der Waals surface area contributed by atoms with Crippen molar-refractivity contribution in [2.45, 2.75) is 38.6 Å². The molecule has 0 aliphatic carbocycles. The molecule has 0 amide bonds. The van der Waals surface area contributed by atoms with Crippen LogP contribution in [0.3, 0.4) is 0 Å². The largest absolute Gasteiger partial charge is 0.292 e. The van der Waals surface area contributed by atoms with Gasteiger partial charge in [0.1, 0.15) is 0 Å². The number of nitrogens with zero attached hydrogens (tertiary/aromatic N) is 3. The van der Waals surface area contributed by atoms with E-state index in [0.29, 0.717) is 5.92 Å². The number of nitrogens with one attached hydrogen (secondary N) is 1. The van der Waals surface area contributed by atoms with Gasteiger partial charge in [-0.05, 0) is 57.5 Å². The number of benzene rings is 2. The van der Waals surface area contributed by atoms with Crippen LogP contribution in [0, 0.1) is 13.8 Å². The van der Waals surface area contributed by atoms with Crippen LogP contribution >= 0.6 is 11.3 Å². The minimum atomic E-state index is 0.253. The Morgan fingerprint density at radius 2 is 1.79 bits per heavy atom. The van der Waals surface area contributed by atoms with E-state index >= 15 is 0 Å². The number of hydrogen-bond donors (Lipinski definition) is 1. The predicted molar refractivity (Wildman–Crippen MR) is 120 cm³/mol. The van der Waals surface area contributed by atoms with Gasteiger partial charge >= 0.3 is 0 Å². The zero-order valence-electron chi connectivity index (χ0n) is 16.9. The third-order valence-corrected chi connectivity index (χ3v) is 7.15. The maximum Gasteiger partial charge on any atom is 0.0970 e. The van der Waals surface area contributed by atoms with Crippen LogP contribution < -0.4 is 0 Å². The summed E-state index contributed by atoms with van der Waals surface area (Å²) in [5.41, 5.74) is 6.38. The van der Waals surface area contributed by atoms with Gasteiger partial charge in [0.2, 0.25) is 0 Å². The molecule has 1 N–H and O–H groups in total. The van der Waals surface area contributed by atoms with E-state index in [1.54, 1.807) is 0 Å². The summed E-state index contributed by atoms with van der Waals surface area (Å²) in [5, 5.41) is 8.55. The van der Waals surface area contributed by atoms with Gasteiger partial charge in [0.25, 0.3) is 0 Å². The van der Waals surface area contributed by atoms with Gasteiger partial charge in [-0.3, -0.25) is 10.00 Å². The lowest BCUT2D eigenvalue weighted by Crippen LogP contribution is -2.36. The highest BCUT2D eigenvalue weighted by atomic mass is 32.1. The Kier molecular flexibility index (Phi) is 4.94. The Bertz CT molecular complexity index is 1050. The molecule has 0 radical (unpaired) electrons. The van der Waals surface area contributed by atoms with E-state index in [-0.39, 0.29) is 6.04 Å². The molecule has 148 valence electrons. The van der Waals surface area contributed by atoms with Crippen LogP contribution in [0.25, 0.3) is 10.2 Å². The molecule has 29 heavy (non-hydrogen) atoms. The molecule has 1 saturated heterocycles. The highest BCUT2D eigenvalue weighted by Gasteiger charge is 2.30. The summed E-state index contributed by atoms with van der Waals surface area (Å²) in [4.78, 5) is 7.54. The molecule has 1 aliphatic heterocycles. The Hall–Kier alpha value is -2.50. The topological polar surface area (TPSA) is 44.8 Å². The second-order valence-electron chi connectivity index (χ2n) is 8.19. The number of H-pyrrole nitrogens is 1. The molecular formula is C24H26N4S. The van der Waals surface area contributed by atoms with Crippen LogP contribution in [-0.2, 0) is 0 Å². The summed E-state index contributed by atoms with van der Waals surface area (Å²) >= 11 is 1.87. The van der Waals surface area contributed by atoms with Gasteiger partial charge in [0.15, 0.2) is 0 Å². The number of thiazole rings is 1. The zero-order chi connectivity index (χ0) is 19.8. The van der Waals surface area contributed by atoms with Gasteiger partial charge in [-0.1, -0.05) is 41.5 Å². The number of rotatable bonds is 4. The summed E-state index contributed by atoms with van der Waals surface area (Å²) in [7, 11) is 0. The van der Waals surface area contributed by atoms with E-state index in [0.717, 1.165) is 31.4 Å². The van der Waals surface area contributed by atoms with Gasteiger partial charge < -0.3 is 0 Å². The lowest BCUT2D eigenvalue weighted by molar-refractivity contribution is 0.174. The zero-order valence-corrected chi connectivity index (χ0v) is 17.7. The van der Waals surface area contributed by atoms with Crippen molar-refractivity contribution in [3.8, 4) is 0 Å². The molecule has 4 nitrogen and oxygen atoms in total. The van der Waals surface area contributed by atoms with E-state index in [1.165, 1.54) is 32.0 Å². The van der Waals surface area contributed by atoms with Gasteiger partial charge in [-0.2, -0.15) is 5.10 Å².